The van der Waals surface area contributed by atoms with Crippen LogP contribution < -0.4 is 0 Å². The van der Waals surface area contributed by atoms with E-state index in [1.165, 1.54) is 70.6 Å². The average Bonchev–Trinajstić information content (AvgIpc) is 3.47. The Kier molecular flexibility index (Phi) is 5.23. The summed E-state index contributed by atoms with van der Waals surface area (Å²) in [7, 11) is 0. The van der Waals surface area contributed by atoms with Gasteiger partial charge in [0.2, 0.25) is 0 Å². The van der Waals surface area contributed by atoms with Crippen LogP contribution in [0, 0.1) is 46.3 Å². The summed E-state index contributed by atoms with van der Waals surface area (Å²) in [6.07, 6.45) is 17.9. The predicted octanol–water partition coefficient (Wildman–Crippen LogP) is 6.73. The van der Waals surface area contributed by atoms with E-state index in [9.17, 15) is 10.2 Å². The molecule has 2 N–H and O–H groups in total. The maximum atomic E-state index is 10.7. The lowest BCUT2D eigenvalue weighted by molar-refractivity contribution is -0.146. The minimum Gasteiger partial charge on any atom is -0.390 e. The molecule has 0 amide bonds. The van der Waals surface area contributed by atoms with Gasteiger partial charge in [0.25, 0.3) is 0 Å². The highest BCUT2D eigenvalue weighted by molar-refractivity contribution is 5.10. The first-order valence-corrected chi connectivity index (χ1v) is 13.5. The average molecular weight is 417 g/mol. The smallest absolute Gasteiger partial charge is 0.0647 e. The first kappa shape index (κ1) is 21.7. The number of fused-ring (bicyclic) bond motifs is 5. The molecule has 0 heterocycles. The van der Waals surface area contributed by atoms with Crippen molar-refractivity contribution in [2.45, 2.75) is 129 Å². The van der Waals surface area contributed by atoms with Gasteiger partial charge in [-0.2, -0.15) is 0 Å². The van der Waals surface area contributed by atoms with Crippen molar-refractivity contribution in [1.29, 1.82) is 0 Å². The van der Waals surface area contributed by atoms with E-state index in [1.807, 2.05) is 0 Å². The number of hydrogen-bond acceptors (Lipinski definition) is 2. The van der Waals surface area contributed by atoms with Crippen LogP contribution in [0.5, 0.6) is 0 Å². The molecule has 0 bridgehead atoms. The van der Waals surface area contributed by atoms with Crippen LogP contribution >= 0.6 is 0 Å². The van der Waals surface area contributed by atoms with Crippen molar-refractivity contribution in [1.82, 2.24) is 0 Å². The molecule has 0 aromatic rings. The Bertz CT molecular complexity index is 649. The van der Waals surface area contributed by atoms with Gasteiger partial charge >= 0.3 is 0 Å². The van der Waals surface area contributed by atoms with Crippen molar-refractivity contribution in [2.24, 2.45) is 46.3 Å². The van der Waals surface area contributed by atoms with Gasteiger partial charge in [-0.3, -0.25) is 0 Å². The van der Waals surface area contributed by atoms with E-state index in [4.69, 9.17) is 0 Å². The molecule has 0 radical (unpaired) electrons. The Morgan fingerprint density at radius 2 is 1.57 bits per heavy atom. The summed E-state index contributed by atoms with van der Waals surface area (Å²) < 4.78 is 0. The van der Waals surface area contributed by atoms with Gasteiger partial charge in [0.15, 0.2) is 0 Å². The number of rotatable bonds is 5. The minimum atomic E-state index is -0.416. The van der Waals surface area contributed by atoms with Gasteiger partial charge in [0.05, 0.1) is 11.2 Å². The van der Waals surface area contributed by atoms with Crippen LogP contribution in [0.3, 0.4) is 0 Å². The van der Waals surface area contributed by atoms with Crippen LogP contribution in [-0.2, 0) is 0 Å². The molecule has 0 aromatic carbocycles. The zero-order valence-electron chi connectivity index (χ0n) is 20.3. The fraction of sp³-hybridized carbons (Fsp3) is 1.00. The molecule has 5 aliphatic carbocycles. The van der Waals surface area contributed by atoms with Crippen molar-refractivity contribution in [3.05, 3.63) is 0 Å². The maximum absolute atomic E-state index is 10.7. The van der Waals surface area contributed by atoms with Crippen LogP contribution in [0.4, 0.5) is 0 Å². The zero-order valence-corrected chi connectivity index (χ0v) is 20.3. The van der Waals surface area contributed by atoms with Crippen LogP contribution in [0.1, 0.15) is 118 Å². The largest absolute Gasteiger partial charge is 0.390 e. The molecule has 2 heteroatoms. The Labute approximate surface area is 185 Å². The van der Waals surface area contributed by atoms with E-state index in [2.05, 4.69) is 27.7 Å². The molecule has 0 aromatic heterocycles. The van der Waals surface area contributed by atoms with Gasteiger partial charge in [-0.05, 0) is 144 Å². The highest BCUT2D eigenvalue weighted by Crippen LogP contribution is 2.68. The van der Waals surface area contributed by atoms with Gasteiger partial charge in [-0.25, -0.2) is 0 Å². The minimum absolute atomic E-state index is 0.397. The van der Waals surface area contributed by atoms with Gasteiger partial charge in [0, 0.05) is 0 Å². The normalized spacial score (nSPS) is 52.8. The van der Waals surface area contributed by atoms with Crippen LogP contribution in [0.15, 0.2) is 0 Å². The number of hydrogen-bond donors (Lipinski definition) is 2. The van der Waals surface area contributed by atoms with E-state index < -0.39 is 11.2 Å². The predicted molar refractivity (Wildman–Crippen MR) is 123 cm³/mol. The van der Waals surface area contributed by atoms with E-state index in [0.717, 1.165) is 48.9 Å². The lowest BCUT2D eigenvalue weighted by Crippen LogP contribution is -2.55. The van der Waals surface area contributed by atoms with E-state index in [1.54, 1.807) is 0 Å². The highest BCUT2D eigenvalue weighted by atomic mass is 16.3. The van der Waals surface area contributed by atoms with Crippen molar-refractivity contribution in [3.63, 3.8) is 0 Å². The highest BCUT2D eigenvalue weighted by Gasteiger charge is 2.60. The zero-order chi connectivity index (χ0) is 21.4. The molecule has 30 heavy (non-hydrogen) atoms. The first-order valence-electron chi connectivity index (χ1n) is 13.5. The summed E-state index contributed by atoms with van der Waals surface area (Å²) in [5.41, 5.74) is 0.218. The Morgan fingerprint density at radius 3 is 2.30 bits per heavy atom. The molecule has 7 unspecified atom stereocenters. The second kappa shape index (κ2) is 7.21. The molecule has 5 fully saturated rings. The molecular formula is C28H48O2. The summed E-state index contributed by atoms with van der Waals surface area (Å²) in [6, 6.07) is 0. The molecule has 0 aliphatic heterocycles. The molecule has 5 rings (SSSR count). The van der Waals surface area contributed by atoms with Crippen LogP contribution in [-0.4, -0.2) is 21.4 Å². The van der Waals surface area contributed by atoms with Crippen LogP contribution in [0.2, 0.25) is 0 Å². The lowest BCUT2D eigenvalue weighted by Gasteiger charge is -2.62. The topological polar surface area (TPSA) is 40.5 Å². The molecule has 0 saturated heterocycles. The summed E-state index contributed by atoms with van der Waals surface area (Å²) in [4.78, 5) is 0. The molecule has 9 atom stereocenters. The van der Waals surface area contributed by atoms with Gasteiger partial charge < -0.3 is 10.2 Å². The third-order valence-electron chi connectivity index (χ3n) is 11.8. The lowest BCUT2D eigenvalue weighted by atomic mass is 9.44. The number of aliphatic hydroxyl groups is 2. The van der Waals surface area contributed by atoms with Crippen LogP contribution in [0.25, 0.3) is 0 Å². The molecule has 172 valence electrons. The van der Waals surface area contributed by atoms with Crippen molar-refractivity contribution >= 4 is 0 Å². The summed E-state index contributed by atoms with van der Waals surface area (Å²) in [6.45, 7) is 9.44. The Balaban J connectivity index is 1.25. The van der Waals surface area contributed by atoms with Crippen molar-refractivity contribution in [2.75, 3.05) is 0 Å². The van der Waals surface area contributed by atoms with Gasteiger partial charge in [0.1, 0.15) is 0 Å². The second-order valence-corrected chi connectivity index (χ2v) is 13.7. The molecule has 5 saturated carbocycles. The van der Waals surface area contributed by atoms with Gasteiger partial charge in [-0.15, -0.1) is 0 Å². The van der Waals surface area contributed by atoms with Crippen molar-refractivity contribution in [3.8, 4) is 0 Å². The summed E-state index contributed by atoms with van der Waals surface area (Å²) >= 11 is 0. The molecule has 0 spiro atoms. The fourth-order valence-electron chi connectivity index (χ4n) is 9.63. The third-order valence-corrected chi connectivity index (χ3v) is 11.8. The standard InChI is InChI=1S/C28H48O2/c1-25(29)16-17-27(3)21(18-25)9-11-22-23-12-10-19(26(23,2)15-13-24(22)27)6-5-14-28(4,30)20-7-8-20/h19-24,29-30H,5-18H2,1-4H3/t19?,21?,22-,23?,24?,25-,26?,27?,28?/m0/s1. The fourth-order valence-corrected chi connectivity index (χ4v) is 9.63. The molecule has 5 aliphatic rings. The first-order chi connectivity index (χ1) is 14.1. The maximum Gasteiger partial charge on any atom is 0.0647 e. The van der Waals surface area contributed by atoms with Gasteiger partial charge in [-0.1, -0.05) is 20.3 Å². The van der Waals surface area contributed by atoms with E-state index in [-0.39, 0.29) is 0 Å². The van der Waals surface area contributed by atoms with E-state index in [0.29, 0.717) is 16.7 Å². The molecular weight excluding hydrogens is 368 g/mol. The Hall–Kier alpha value is -0.0800. The quantitative estimate of drug-likeness (QED) is 0.522. The Morgan fingerprint density at radius 1 is 0.833 bits per heavy atom. The summed E-state index contributed by atoms with van der Waals surface area (Å²) in [5, 5.41) is 21.4. The summed E-state index contributed by atoms with van der Waals surface area (Å²) in [5.74, 6) is 5.00. The van der Waals surface area contributed by atoms with Crippen molar-refractivity contribution < 1.29 is 10.2 Å². The second-order valence-electron chi connectivity index (χ2n) is 13.7. The molecule has 2 nitrogen and oxygen atoms in total. The SMILES string of the molecule is CC(O)(CCCC1CCC2[C@@H]3CCC4C[C@@](C)(O)CCC4(C)C3CCC12C)C1CC1. The third kappa shape index (κ3) is 3.51. The van der Waals surface area contributed by atoms with E-state index >= 15 is 0 Å². The monoisotopic (exact) mass is 416 g/mol.